The number of rotatable bonds is 29. The van der Waals surface area contributed by atoms with E-state index in [2.05, 4.69) is 27.4 Å². The minimum atomic E-state index is -0.681. The molecule has 7 aliphatic rings. The second kappa shape index (κ2) is 18.9. The van der Waals surface area contributed by atoms with E-state index in [0.29, 0.717) is 60.9 Å². The fourth-order valence-electron chi connectivity index (χ4n) is 11.9. The van der Waals surface area contributed by atoms with E-state index < -0.39 is 22.4 Å². The Morgan fingerprint density at radius 3 is 1.02 bits per heavy atom. The summed E-state index contributed by atoms with van der Waals surface area (Å²) >= 11 is 0. The highest BCUT2D eigenvalue weighted by Crippen LogP contribution is 2.65. The molecule has 3 aliphatic heterocycles. The summed E-state index contributed by atoms with van der Waals surface area (Å²) in [4.78, 5) is 13.4. The highest BCUT2D eigenvalue weighted by molar-refractivity contribution is 5.87. The van der Waals surface area contributed by atoms with E-state index in [0.717, 1.165) is 97.4 Å². The van der Waals surface area contributed by atoms with Crippen LogP contribution in [0.5, 0.6) is 0 Å². The molecule has 0 radical (unpaired) electrons. The average molecular weight is 773 g/mol. The molecule has 3 saturated heterocycles. The lowest BCUT2D eigenvalue weighted by Crippen LogP contribution is -2.74. The van der Waals surface area contributed by atoms with Gasteiger partial charge in [0.25, 0.3) is 0 Å². The molecule has 7 fully saturated rings. The van der Waals surface area contributed by atoms with Gasteiger partial charge in [-0.15, -0.1) is 0 Å². The quantitative estimate of drug-likeness (QED) is 0.0422. The molecule has 4 bridgehead atoms. The zero-order chi connectivity index (χ0) is 38.9. The number of hydrogen-bond donors (Lipinski definition) is 0. The maximum atomic E-state index is 13.4. The van der Waals surface area contributed by atoms with E-state index in [9.17, 15) is 4.79 Å². The van der Waals surface area contributed by atoms with Crippen LogP contribution >= 0.6 is 0 Å². The van der Waals surface area contributed by atoms with E-state index in [1.54, 1.807) is 6.92 Å². The summed E-state index contributed by atoms with van der Waals surface area (Å²) in [6, 6.07) is 0. The normalized spacial score (nSPS) is 32.1. The predicted octanol–water partition coefficient (Wildman–Crippen LogP) is 10.6. The largest absolute Gasteiger partial charge is 0.455 e. The number of hydrogen-bond acceptors (Lipinski definition) is 8. The van der Waals surface area contributed by atoms with Crippen molar-refractivity contribution in [2.24, 2.45) is 16.2 Å². The predicted molar refractivity (Wildman–Crippen MR) is 217 cm³/mol. The zero-order valence-electron chi connectivity index (χ0n) is 35.8. The third-order valence-corrected chi connectivity index (χ3v) is 14.7. The lowest BCUT2D eigenvalue weighted by atomic mass is 9.48. The molecule has 8 heteroatoms. The van der Waals surface area contributed by atoms with Crippen molar-refractivity contribution in [1.82, 2.24) is 0 Å². The second-order valence-electron chi connectivity index (χ2n) is 20.2. The Balaban J connectivity index is 1.13. The summed E-state index contributed by atoms with van der Waals surface area (Å²) in [5.74, 6) is -0.303. The number of carbonyl (C=O) groups is 1. The van der Waals surface area contributed by atoms with E-state index in [4.69, 9.17) is 33.2 Å². The summed E-state index contributed by atoms with van der Waals surface area (Å²) < 4.78 is 45.1. The Labute approximate surface area is 335 Å². The van der Waals surface area contributed by atoms with Crippen molar-refractivity contribution in [1.29, 1.82) is 0 Å². The summed E-state index contributed by atoms with van der Waals surface area (Å²) in [7, 11) is 0. The molecule has 0 N–H and O–H groups in total. The number of ether oxygens (including phenoxy) is 7. The van der Waals surface area contributed by atoms with E-state index >= 15 is 0 Å². The van der Waals surface area contributed by atoms with Crippen molar-refractivity contribution < 1.29 is 38.0 Å². The van der Waals surface area contributed by atoms with E-state index in [1.165, 1.54) is 77.0 Å². The third kappa shape index (κ3) is 10.8. The standard InChI is InChI=1S/C47H80O8/c1-6-9-18-41(33-49-34-41)21-12-15-24-52-44-27-45(53-25-16-13-22-42(19-10-7-2)35-50-36-42)29-46(28-44,32-47(30-44,31-45)55-40(48)39(4)5)54-26-17-14-23-43(20-11-8-3)37-51-38-43/h4,6-38H2,1-3,5H3. The van der Waals surface area contributed by atoms with Crippen molar-refractivity contribution in [2.45, 2.75) is 204 Å². The first-order valence-corrected chi connectivity index (χ1v) is 23.0. The lowest BCUT2D eigenvalue weighted by Gasteiger charge is -2.68. The van der Waals surface area contributed by atoms with Gasteiger partial charge in [0, 0.05) is 80.2 Å². The van der Waals surface area contributed by atoms with Gasteiger partial charge >= 0.3 is 5.97 Å². The van der Waals surface area contributed by atoms with Crippen LogP contribution in [-0.2, 0) is 38.0 Å². The van der Waals surface area contributed by atoms with Crippen LogP contribution in [0.15, 0.2) is 12.2 Å². The summed E-state index contributed by atoms with van der Waals surface area (Å²) in [5, 5.41) is 0. The molecule has 0 amide bonds. The second-order valence-corrected chi connectivity index (χ2v) is 20.2. The molecule has 0 atom stereocenters. The summed E-state index contributed by atoms with van der Waals surface area (Å²) in [6.45, 7) is 20.2. The van der Waals surface area contributed by atoms with Crippen molar-refractivity contribution in [3.8, 4) is 0 Å². The molecular formula is C47H80O8. The smallest absolute Gasteiger partial charge is 0.333 e. The van der Waals surface area contributed by atoms with Gasteiger partial charge in [0.2, 0.25) is 0 Å². The molecule has 7 rings (SSSR count). The van der Waals surface area contributed by atoms with Crippen LogP contribution in [0.2, 0.25) is 0 Å². The van der Waals surface area contributed by atoms with Gasteiger partial charge in [0.1, 0.15) is 5.60 Å². The van der Waals surface area contributed by atoms with Crippen LogP contribution in [0.25, 0.3) is 0 Å². The summed E-state index contributed by atoms with van der Waals surface area (Å²) in [6.07, 6.45) is 26.2. The van der Waals surface area contributed by atoms with Gasteiger partial charge < -0.3 is 33.2 Å². The van der Waals surface area contributed by atoms with Crippen molar-refractivity contribution in [2.75, 3.05) is 59.5 Å². The topological polar surface area (TPSA) is 81.7 Å². The molecule has 0 aromatic rings. The van der Waals surface area contributed by atoms with Crippen LogP contribution in [0.1, 0.15) is 182 Å². The SMILES string of the molecule is C=C(C)C(=O)OC12CC3(OCCCCC4(CCCC)COC4)CC(OCCCCC4(CCCC)COC4)(CC(OCCCCC4(CCCC)COC4)(C3)C1)C2. The van der Waals surface area contributed by atoms with Crippen LogP contribution in [0, 0.1) is 16.2 Å². The molecule has 4 saturated carbocycles. The van der Waals surface area contributed by atoms with E-state index in [-0.39, 0.29) is 5.97 Å². The Morgan fingerprint density at radius 1 is 0.473 bits per heavy atom. The van der Waals surface area contributed by atoms with Crippen LogP contribution in [-0.4, -0.2) is 87.8 Å². The Kier molecular flexibility index (Phi) is 15.0. The minimum absolute atomic E-state index is 0.303. The monoisotopic (exact) mass is 773 g/mol. The molecule has 0 aromatic heterocycles. The van der Waals surface area contributed by atoms with Crippen LogP contribution in [0.4, 0.5) is 0 Å². The summed E-state index contributed by atoms with van der Waals surface area (Å²) in [5.41, 5.74) is -0.442. The van der Waals surface area contributed by atoms with Crippen LogP contribution in [0.3, 0.4) is 0 Å². The van der Waals surface area contributed by atoms with Crippen LogP contribution < -0.4 is 0 Å². The molecule has 4 aliphatic carbocycles. The zero-order valence-corrected chi connectivity index (χ0v) is 35.8. The Bertz CT molecular complexity index is 1100. The minimum Gasteiger partial charge on any atom is -0.455 e. The van der Waals surface area contributed by atoms with Gasteiger partial charge in [0.05, 0.1) is 56.4 Å². The number of esters is 1. The first-order chi connectivity index (χ1) is 26.5. The Morgan fingerprint density at radius 2 is 0.764 bits per heavy atom. The molecule has 0 aromatic carbocycles. The van der Waals surface area contributed by atoms with Gasteiger partial charge in [-0.05, 0) is 64.7 Å². The van der Waals surface area contributed by atoms with Crippen molar-refractivity contribution in [3.05, 3.63) is 12.2 Å². The number of carbonyl (C=O) groups excluding carboxylic acids is 1. The molecule has 3 heterocycles. The highest BCUT2D eigenvalue weighted by Gasteiger charge is 2.72. The van der Waals surface area contributed by atoms with Gasteiger partial charge in [-0.2, -0.15) is 0 Å². The van der Waals surface area contributed by atoms with Gasteiger partial charge in [-0.1, -0.05) is 85.1 Å². The molecule has 8 nitrogen and oxygen atoms in total. The maximum Gasteiger partial charge on any atom is 0.333 e. The molecule has 55 heavy (non-hydrogen) atoms. The van der Waals surface area contributed by atoms with Gasteiger partial charge in [0.15, 0.2) is 0 Å². The maximum absolute atomic E-state index is 13.4. The number of unbranched alkanes of at least 4 members (excludes halogenated alkanes) is 6. The average Bonchev–Trinajstić information content (AvgIpc) is 3.08. The first-order valence-electron chi connectivity index (χ1n) is 23.0. The third-order valence-electron chi connectivity index (χ3n) is 14.7. The van der Waals surface area contributed by atoms with E-state index in [1.807, 2.05) is 0 Å². The molecule has 0 unspecified atom stereocenters. The Hall–Kier alpha value is -1.03. The van der Waals surface area contributed by atoms with Crippen molar-refractivity contribution >= 4 is 5.97 Å². The molecular weight excluding hydrogens is 693 g/mol. The lowest BCUT2D eigenvalue weighted by molar-refractivity contribution is -0.327. The fourth-order valence-corrected chi connectivity index (χ4v) is 11.9. The fraction of sp³-hybridized carbons (Fsp3) is 0.936. The van der Waals surface area contributed by atoms with Gasteiger partial charge in [-0.25, -0.2) is 4.79 Å². The van der Waals surface area contributed by atoms with Gasteiger partial charge in [-0.3, -0.25) is 0 Å². The highest BCUT2D eigenvalue weighted by atomic mass is 16.6. The molecule has 316 valence electrons. The molecule has 0 spiro atoms. The first kappa shape index (κ1) is 43.5. The van der Waals surface area contributed by atoms with Crippen molar-refractivity contribution in [3.63, 3.8) is 0 Å².